The van der Waals surface area contributed by atoms with Crippen LogP contribution in [0.5, 0.6) is 0 Å². The minimum absolute atomic E-state index is 0.302. The molecule has 2 rings (SSSR count). The van der Waals surface area contributed by atoms with E-state index in [1.807, 2.05) is 24.0 Å². The van der Waals surface area contributed by atoms with Crippen molar-refractivity contribution in [2.24, 2.45) is 0 Å². The first-order valence-electron chi connectivity index (χ1n) is 5.65. The predicted molar refractivity (Wildman–Crippen MR) is 70.2 cm³/mol. The number of hydrogen-bond acceptors (Lipinski definition) is 3. The van der Waals surface area contributed by atoms with Crippen LogP contribution in [0, 0.1) is 5.82 Å². The third kappa shape index (κ3) is 2.96. The zero-order chi connectivity index (χ0) is 13.0. The van der Waals surface area contributed by atoms with Crippen LogP contribution in [0.4, 0.5) is 10.2 Å². The van der Waals surface area contributed by atoms with E-state index in [-0.39, 0.29) is 0 Å². The van der Waals surface area contributed by atoms with Gasteiger partial charge in [-0.25, -0.2) is 9.37 Å². The molecule has 0 unspecified atom stereocenters. The van der Waals surface area contributed by atoms with Crippen LogP contribution in [0.2, 0.25) is 5.02 Å². The summed E-state index contributed by atoms with van der Waals surface area (Å²) >= 11 is 5.70. The van der Waals surface area contributed by atoms with Gasteiger partial charge in [0.15, 0.2) is 11.6 Å². The summed E-state index contributed by atoms with van der Waals surface area (Å²) in [6.45, 7) is 3.20. The van der Waals surface area contributed by atoms with E-state index in [4.69, 9.17) is 11.6 Å². The Morgan fingerprint density at radius 2 is 2.06 bits per heavy atom. The molecule has 0 bridgehead atoms. The van der Waals surface area contributed by atoms with Gasteiger partial charge in [-0.15, -0.1) is 0 Å². The van der Waals surface area contributed by atoms with Gasteiger partial charge >= 0.3 is 0 Å². The topological polar surface area (TPSA) is 29.0 Å². The van der Waals surface area contributed by atoms with E-state index in [9.17, 15) is 4.39 Å². The Morgan fingerprint density at radius 1 is 1.33 bits per heavy atom. The van der Waals surface area contributed by atoms with Crippen LogP contribution in [-0.2, 0) is 6.54 Å². The summed E-state index contributed by atoms with van der Waals surface area (Å²) in [7, 11) is 0. The van der Waals surface area contributed by atoms with Crippen LogP contribution in [0.3, 0.4) is 0 Å². The second kappa shape index (κ2) is 5.78. The molecule has 0 atom stereocenters. The van der Waals surface area contributed by atoms with E-state index < -0.39 is 5.82 Å². The Labute approximate surface area is 110 Å². The van der Waals surface area contributed by atoms with Crippen LogP contribution in [-0.4, -0.2) is 16.5 Å². The lowest BCUT2D eigenvalue weighted by Crippen LogP contribution is -2.24. The third-order valence-corrected chi connectivity index (χ3v) is 2.80. The van der Waals surface area contributed by atoms with Crippen LogP contribution in [0.25, 0.3) is 0 Å². The summed E-state index contributed by atoms with van der Waals surface area (Å²) in [4.78, 5) is 9.85. The lowest BCUT2D eigenvalue weighted by atomic mass is 10.2. The molecule has 18 heavy (non-hydrogen) atoms. The van der Waals surface area contributed by atoms with Crippen molar-refractivity contribution in [2.75, 3.05) is 11.4 Å². The first kappa shape index (κ1) is 12.8. The highest BCUT2D eigenvalue weighted by atomic mass is 35.5. The zero-order valence-electron chi connectivity index (χ0n) is 9.98. The maximum atomic E-state index is 13.8. The van der Waals surface area contributed by atoms with Gasteiger partial charge in [-0.3, -0.25) is 4.98 Å². The molecular formula is C13H13ClFN3. The number of nitrogens with zero attached hydrogens (tertiary/aromatic N) is 3. The van der Waals surface area contributed by atoms with E-state index in [0.717, 1.165) is 5.56 Å². The molecule has 0 aliphatic carbocycles. The van der Waals surface area contributed by atoms with E-state index in [2.05, 4.69) is 9.97 Å². The van der Waals surface area contributed by atoms with Crippen molar-refractivity contribution in [3.05, 3.63) is 53.2 Å². The van der Waals surface area contributed by atoms with Gasteiger partial charge in [-0.2, -0.15) is 0 Å². The average molecular weight is 266 g/mol. The number of pyridine rings is 2. The smallest absolute Gasteiger partial charge is 0.167 e. The molecule has 0 spiro atoms. The van der Waals surface area contributed by atoms with Gasteiger partial charge in [0.25, 0.3) is 0 Å². The molecule has 2 heterocycles. The van der Waals surface area contributed by atoms with Gasteiger partial charge in [0.05, 0.1) is 5.02 Å². The van der Waals surface area contributed by atoms with E-state index >= 15 is 0 Å². The molecule has 0 aliphatic heterocycles. The molecular weight excluding hydrogens is 253 g/mol. The van der Waals surface area contributed by atoms with Crippen molar-refractivity contribution in [1.29, 1.82) is 0 Å². The molecule has 0 N–H and O–H groups in total. The normalized spacial score (nSPS) is 10.4. The molecule has 0 amide bonds. The molecule has 0 fully saturated rings. The Bertz CT molecular complexity index is 519. The third-order valence-electron chi connectivity index (χ3n) is 2.59. The fourth-order valence-electron chi connectivity index (χ4n) is 1.69. The maximum absolute atomic E-state index is 13.8. The number of halogens is 2. The molecule has 0 saturated heterocycles. The van der Waals surface area contributed by atoms with E-state index in [1.165, 1.54) is 12.3 Å². The largest absolute Gasteiger partial charge is 0.350 e. The second-order valence-electron chi connectivity index (χ2n) is 3.83. The van der Waals surface area contributed by atoms with Crippen LogP contribution in [0.1, 0.15) is 12.5 Å². The SMILES string of the molecule is CCN(Cc1ccncc1)c1ncc(Cl)cc1F. The molecule has 0 radical (unpaired) electrons. The lowest BCUT2D eigenvalue weighted by molar-refractivity contribution is 0.609. The average Bonchev–Trinajstić information content (AvgIpc) is 2.38. The molecule has 2 aromatic rings. The van der Waals surface area contributed by atoms with Crippen molar-refractivity contribution in [2.45, 2.75) is 13.5 Å². The number of anilines is 1. The fraction of sp³-hybridized carbons (Fsp3) is 0.231. The number of hydrogen-bond donors (Lipinski definition) is 0. The Hall–Kier alpha value is -1.68. The van der Waals surface area contributed by atoms with Crippen LogP contribution >= 0.6 is 11.6 Å². The van der Waals surface area contributed by atoms with Gasteiger partial charge < -0.3 is 4.90 Å². The molecule has 0 aromatic carbocycles. The highest BCUT2D eigenvalue weighted by Gasteiger charge is 2.12. The fourth-order valence-corrected chi connectivity index (χ4v) is 1.83. The molecule has 5 heteroatoms. The highest BCUT2D eigenvalue weighted by molar-refractivity contribution is 6.30. The standard InChI is InChI=1S/C13H13ClFN3/c1-2-18(9-10-3-5-16-6-4-10)13-12(15)7-11(14)8-17-13/h3-8H,2,9H2,1H3. The summed E-state index contributed by atoms with van der Waals surface area (Å²) in [6.07, 6.45) is 4.89. The van der Waals surface area contributed by atoms with Gasteiger partial charge in [-0.1, -0.05) is 11.6 Å². The maximum Gasteiger partial charge on any atom is 0.167 e. The minimum atomic E-state index is -0.404. The van der Waals surface area contributed by atoms with Crippen LogP contribution < -0.4 is 4.90 Å². The molecule has 2 aromatic heterocycles. The highest BCUT2D eigenvalue weighted by Crippen LogP contribution is 2.21. The Kier molecular flexibility index (Phi) is 4.10. The van der Waals surface area contributed by atoms with Gasteiger partial charge in [-0.05, 0) is 30.7 Å². The van der Waals surface area contributed by atoms with Gasteiger partial charge in [0, 0.05) is 31.7 Å². The first-order valence-corrected chi connectivity index (χ1v) is 6.03. The van der Waals surface area contributed by atoms with E-state index in [1.54, 1.807) is 12.4 Å². The number of rotatable bonds is 4. The Morgan fingerprint density at radius 3 is 2.67 bits per heavy atom. The summed E-state index contributed by atoms with van der Waals surface area (Å²) in [6, 6.07) is 5.08. The van der Waals surface area contributed by atoms with Crippen molar-refractivity contribution in [3.63, 3.8) is 0 Å². The predicted octanol–water partition coefficient (Wildman–Crippen LogP) is 3.30. The van der Waals surface area contributed by atoms with Crippen molar-refractivity contribution in [3.8, 4) is 0 Å². The Balaban J connectivity index is 2.23. The number of aromatic nitrogens is 2. The molecule has 94 valence electrons. The van der Waals surface area contributed by atoms with Crippen molar-refractivity contribution < 1.29 is 4.39 Å². The zero-order valence-corrected chi connectivity index (χ0v) is 10.7. The second-order valence-corrected chi connectivity index (χ2v) is 4.27. The lowest BCUT2D eigenvalue weighted by Gasteiger charge is -2.22. The summed E-state index contributed by atoms with van der Waals surface area (Å²) in [5.41, 5.74) is 1.06. The van der Waals surface area contributed by atoms with E-state index in [0.29, 0.717) is 23.9 Å². The monoisotopic (exact) mass is 265 g/mol. The minimum Gasteiger partial charge on any atom is -0.350 e. The van der Waals surface area contributed by atoms with Gasteiger partial charge in [0.2, 0.25) is 0 Å². The quantitative estimate of drug-likeness (QED) is 0.849. The first-order chi connectivity index (χ1) is 8.70. The summed E-state index contributed by atoms with van der Waals surface area (Å²) in [5.74, 6) is -0.0860. The van der Waals surface area contributed by atoms with Crippen molar-refractivity contribution >= 4 is 17.4 Å². The van der Waals surface area contributed by atoms with Gasteiger partial charge in [0.1, 0.15) is 0 Å². The molecule has 0 saturated carbocycles. The molecule has 0 aliphatic rings. The summed E-state index contributed by atoms with van der Waals surface area (Å²) < 4.78 is 13.8. The summed E-state index contributed by atoms with van der Waals surface area (Å²) in [5, 5.41) is 0.302. The molecule has 3 nitrogen and oxygen atoms in total. The van der Waals surface area contributed by atoms with Crippen LogP contribution in [0.15, 0.2) is 36.8 Å². The van der Waals surface area contributed by atoms with Crippen molar-refractivity contribution in [1.82, 2.24) is 9.97 Å².